The summed E-state index contributed by atoms with van der Waals surface area (Å²) in [5.74, 6) is 2.87. The van der Waals surface area contributed by atoms with E-state index in [1.165, 1.54) is 5.56 Å². The number of amides is 1. The fraction of sp³-hybridized carbons (Fsp3) is 0.348. The molecule has 1 aliphatic rings. The summed E-state index contributed by atoms with van der Waals surface area (Å²) in [6, 6.07) is 15.7. The maximum absolute atomic E-state index is 12.5. The number of carbonyl (C=O) groups is 1. The van der Waals surface area contributed by atoms with Crippen LogP contribution in [0, 0.1) is 0 Å². The van der Waals surface area contributed by atoms with Gasteiger partial charge in [0.05, 0.1) is 14.2 Å². The largest absolute Gasteiger partial charge is 0.497 e. The quantitative estimate of drug-likeness (QED) is 0.570. The van der Waals surface area contributed by atoms with Crippen LogP contribution < -0.4 is 9.47 Å². The Balaban J connectivity index is 1.36. The molecule has 1 amide bonds. The first-order valence-corrected chi connectivity index (χ1v) is 10.0. The van der Waals surface area contributed by atoms with Crippen molar-refractivity contribution >= 4 is 5.91 Å². The highest BCUT2D eigenvalue weighted by atomic mass is 16.5. The lowest BCUT2D eigenvalue weighted by atomic mass is 10.1. The number of rotatable bonds is 8. The molecule has 2 heterocycles. The topological polar surface area (TPSA) is 77.7 Å². The number of aromatic nitrogens is 2. The number of methoxy groups -OCH3 is 2. The van der Waals surface area contributed by atoms with Crippen molar-refractivity contribution in [2.45, 2.75) is 31.7 Å². The van der Waals surface area contributed by atoms with Gasteiger partial charge in [-0.05, 0) is 30.2 Å². The summed E-state index contributed by atoms with van der Waals surface area (Å²) in [6.45, 7) is 1.09. The summed E-state index contributed by atoms with van der Waals surface area (Å²) in [7, 11) is 3.29. The van der Waals surface area contributed by atoms with Crippen molar-refractivity contribution in [3.8, 4) is 11.5 Å². The molecular formula is C23H25N3O4. The number of likely N-dealkylation sites (tertiary alicyclic amines) is 1. The number of ether oxygens (including phenoxy) is 2. The van der Waals surface area contributed by atoms with Gasteiger partial charge in [-0.1, -0.05) is 35.5 Å². The first-order chi connectivity index (χ1) is 14.7. The molecule has 1 saturated heterocycles. The Labute approximate surface area is 175 Å². The normalized spacial score (nSPS) is 16.1. The van der Waals surface area contributed by atoms with Gasteiger partial charge in [-0.2, -0.15) is 4.98 Å². The Kier molecular flexibility index (Phi) is 5.97. The van der Waals surface area contributed by atoms with Gasteiger partial charge in [0, 0.05) is 37.4 Å². The summed E-state index contributed by atoms with van der Waals surface area (Å²) in [4.78, 5) is 18.9. The van der Waals surface area contributed by atoms with Crippen LogP contribution in [0.3, 0.4) is 0 Å². The van der Waals surface area contributed by atoms with Crippen molar-refractivity contribution in [3.63, 3.8) is 0 Å². The zero-order valence-electron chi connectivity index (χ0n) is 17.2. The summed E-state index contributed by atoms with van der Waals surface area (Å²) < 4.78 is 16.0. The highest BCUT2D eigenvalue weighted by Gasteiger charge is 2.34. The highest BCUT2D eigenvalue weighted by Crippen LogP contribution is 2.29. The van der Waals surface area contributed by atoms with Crippen LogP contribution in [-0.4, -0.2) is 41.7 Å². The minimum absolute atomic E-state index is 0.0503. The zero-order chi connectivity index (χ0) is 20.9. The number of carbonyl (C=O) groups excluding carboxylic acids is 1. The van der Waals surface area contributed by atoms with E-state index in [-0.39, 0.29) is 11.8 Å². The predicted octanol–water partition coefficient (Wildman–Crippen LogP) is 3.39. The first kappa shape index (κ1) is 19.9. The van der Waals surface area contributed by atoms with E-state index >= 15 is 0 Å². The van der Waals surface area contributed by atoms with E-state index < -0.39 is 0 Å². The predicted molar refractivity (Wildman–Crippen MR) is 110 cm³/mol. The summed E-state index contributed by atoms with van der Waals surface area (Å²) in [6.07, 6.45) is 1.85. The Hall–Kier alpha value is -3.35. The Morgan fingerprint density at radius 3 is 2.63 bits per heavy atom. The van der Waals surface area contributed by atoms with E-state index in [1.54, 1.807) is 14.2 Å². The number of hydrogen-bond donors (Lipinski definition) is 0. The van der Waals surface area contributed by atoms with Gasteiger partial charge in [0.2, 0.25) is 11.8 Å². The molecule has 7 heteroatoms. The molecule has 0 bridgehead atoms. The fourth-order valence-electron chi connectivity index (χ4n) is 3.72. The van der Waals surface area contributed by atoms with Crippen LogP contribution in [0.4, 0.5) is 0 Å². The van der Waals surface area contributed by atoms with E-state index in [0.717, 1.165) is 23.5 Å². The third-order valence-corrected chi connectivity index (χ3v) is 5.40. The Morgan fingerprint density at radius 2 is 1.87 bits per heavy atom. The molecule has 0 N–H and O–H groups in total. The van der Waals surface area contributed by atoms with Crippen molar-refractivity contribution in [1.82, 2.24) is 15.0 Å². The van der Waals surface area contributed by atoms with Crippen LogP contribution in [0.2, 0.25) is 0 Å². The van der Waals surface area contributed by atoms with E-state index in [0.29, 0.717) is 37.6 Å². The standard InChI is InChI=1S/C23H25N3O4/c1-28-19-10-7-16(8-11-19)9-12-21-24-23(25-30-21)18-13-22(27)26(15-18)14-17-5-3-4-6-20(17)29-2/h3-8,10-11,18H,9,12-15H2,1-2H3/t18-/m0/s1. The number of benzene rings is 2. The van der Waals surface area contributed by atoms with E-state index in [1.807, 2.05) is 53.4 Å². The van der Waals surface area contributed by atoms with Gasteiger partial charge >= 0.3 is 0 Å². The summed E-state index contributed by atoms with van der Waals surface area (Å²) in [5, 5.41) is 4.14. The highest BCUT2D eigenvalue weighted by molar-refractivity contribution is 5.79. The molecule has 1 aromatic heterocycles. The average Bonchev–Trinajstić information content (AvgIpc) is 3.40. The minimum atomic E-state index is -0.0503. The Bertz CT molecular complexity index is 1000. The van der Waals surface area contributed by atoms with Crippen molar-refractivity contribution in [2.24, 2.45) is 0 Å². The molecule has 0 radical (unpaired) electrons. The van der Waals surface area contributed by atoms with Crippen LogP contribution >= 0.6 is 0 Å². The zero-order valence-corrected chi connectivity index (χ0v) is 17.2. The molecule has 4 rings (SSSR count). The average molecular weight is 407 g/mol. The fourth-order valence-corrected chi connectivity index (χ4v) is 3.72. The lowest BCUT2D eigenvalue weighted by molar-refractivity contribution is -0.128. The van der Waals surface area contributed by atoms with Gasteiger partial charge < -0.3 is 18.9 Å². The first-order valence-electron chi connectivity index (χ1n) is 10.0. The van der Waals surface area contributed by atoms with Gasteiger partial charge in [-0.3, -0.25) is 4.79 Å². The summed E-state index contributed by atoms with van der Waals surface area (Å²) in [5.41, 5.74) is 2.16. The van der Waals surface area contributed by atoms with E-state index in [2.05, 4.69) is 10.1 Å². The van der Waals surface area contributed by atoms with Crippen LogP contribution in [0.25, 0.3) is 0 Å². The Morgan fingerprint density at radius 1 is 1.07 bits per heavy atom. The second-order valence-electron chi connectivity index (χ2n) is 7.38. The molecule has 0 saturated carbocycles. The van der Waals surface area contributed by atoms with Gasteiger partial charge in [-0.25, -0.2) is 0 Å². The molecule has 0 spiro atoms. The molecule has 0 aliphatic carbocycles. The number of nitrogens with zero attached hydrogens (tertiary/aromatic N) is 3. The lowest BCUT2D eigenvalue weighted by Crippen LogP contribution is -2.24. The van der Waals surface area contributed by atoms with Gasteiger partial charge in [0.1, 0.15) is 11.5 Å². The minimum Gasteiger partial charge on any atom is -0.497 e. The molecule has 1 aliphatic heterocycles. The van der Waals surface area contributed by atoms with Gasteiger partial charge in [-0.15, -0.1) is 0 Å². The third kappa shape index (κ3) is 4.45. The van der Waals surface area contributed by atoms with E-state index in [9.17, 15) is 4.79 Å². The second-order valence-corrected chi connectivity index (χ2v) is 7.38. The maximum atomic E-state index is 12.5. The van der Waals surface area contributed by atoms with Gasteiger partial charge in [0.15, 0.2) is 5.82 Å². The smallest absolute Gasteiger partial charge is 0.226 e. The molecule has 7 nitrogen and oxygen atoms in total. The van der Waals surface area contributed by atoms with Crippen LogP contribution in [0.1, 0.15) is 35.2 Å². The molecule has 1 fully saturated rings. The molecule has 30 heavy (non-hydrogen) atoms. The molecule has 1 atom stereocenters. The van der Waals surface area contributed by atoms with Crippen molar-refractivity contribution < 1.29 is 18.8 Å². The van der Waals surface area contributed by atoms with Crippen LogP contribution in [0.15, 0.2) is 53.1 Å². The molecule has 2 aromatic carbocycles. The van der Waals surface area contributed by atoms with Crippen molar-refractivity contribution in [2.75, 3.05) is 20.8 Å². The maximum Gasteiger partial charge on any atom is 0.226 e. The van der Waals surface area contributed by atoms with Crippen LogP contribution in [-0.2, 0) is 24.2 Å². The van der Waals surface area contributed by atoms with E-state index in [4.69, 9.17) is 14.0 Å². The SMILES string of the molecule is COc1ccc(CCc2nc([C@H]3CC(=O)N(Cc4ccccc4OC)C3)no2)cc1. The van der Waals surface area contributed by atoms with Gasteiger partial charge in [0.25, 0.3) is 0 Å². The van der Waals surface area contributed by atoms with Crippen molar-refractivity contribution in [3.05, 3.63) is 71.4 Å². The number of para-hydroxylation sites is 1. The number of hydrogen-bond acceptors (Lipinski definition) is 6. The molecule has 3 aromatic rings. The molecular weight excluding hydrogens is 382 g/mol. The molecule has 156 valence electrons. The van der Waals surface area contributed by atoms with Crippen LogP contribution in [0.5, 0.6) is 11.5 Å². The molecule has 0 unspecified atom stereocenters. The monoisotopic (exact) mass is 407 g/mol. The number of aryl methyl sites for hydroxylation is 2. The second kappa shape index (κ2) is 8.98. The van der Waals surface area contributed by atoms with Crippen molar-refractivity contribution in [1.29, 1.82) is 0 Å². The lowest BCUT2D eigenvalue weighted by Gasteiger charge is -2.17. The third-order valence-electron chi connectivity index (χ3n) is 5.40. The summed E-state index contributed by atoms with van der Waals surface area (Å²) >= 11 is 0.